The molecule has 0 aliphatic carbocycles. The quantitative estimate of drug-likeness (QED) is 0.612. The molecule has 18 heavy (non-hydrogen) atoms. The van der Waals surface area contributed by atoms with Gasteiger partial charge in [-0.25, -0.2) is 0 Å². The topological polar surface area (TPSA) is 20.2 Å². The van der Waals surface area contributed by atoms with Crippen molar-refractivity contribution in [1.29, 1.82) is 0 Å². The number of hydrogen-bond acceptors (Lipinski definition) is 1. The zero-order chi connectivity index (χ0) is 13.5. The van der Waals surface area contributed by atoms with Crippen LogP contribution >= 0.6 is 34.2 Å². The first-order chi connectivity index (χ1) is 8.58. The molecule has 2 unspecified atom stereocenters. The molecule has 1 N–H and O–H groups in total. The second kappa shape index (κ2) is 8.39. The maximum atomic E-state index is 10.3. The van der Waals surface area contributed by atoms with E-state index in [1.165, 1.54) is 19.3 Å². The van der Waals surface area contributed by atoms with E-state index < -0.39 is 0 Å². The third kappa shape index (κ3) is 5.06. The van der Waals surface area contributed by atoms with E-state index in [0.717, 1.165) is 27.0 Å². The molecule has 1 rings (SSSR count). The van der Waals surface area contributed by atoms with Gasteiger partial charge >= 0.3 is 0 Å². The minimum Gasteiger partial charge on any atom is -0.388 e. The van der Waals surface area contributed by atoms with Gasteiger partial charge in [-0.3, -0.25) is 0 Å². The van der Waals surface area contributed by atoms with Crippen LogP contribution in [0, 0.1) is 9.49 Å². The van der Waals surface area contributed by atoms with Crippen molar-refractivity contribution in [3.8, 4) is 0 Å². The summed E-state index contributed by atoms with van der Waals surface area (Å²) in [4.78, 5) is 0. The molecular formula is C15H22ClIO. The van der Waals surface area contributed by atoms with Crippen LogP contribution in [0.5, 0.6) is 0 Å². The number of halogens is 2. The third-order valence-electron chi connectivity index (χ3n) is 3.43. The van der Waals surface area contributed by atoms with Gasteiger partial charge < -0.3 is 5.11 Å². The summed E-state index contributed by atoms with van der Waals surface area (Å²) in [5.41, 5.74) is 0.940. The smallest absolute Gasteiger partial charge is 0.0793 e. The average molecular weight is 381 g/mol. The van der Waals surface area contributed by atoms with Crippen LogP contribution in [0.4, 0.5) is 0 Å². The van der Waals surface area contributed by atoms with Gasteiger partial charge in [0.1, 0.15) is 0 Å². The van der Waals surface area contributed by atoms with Crippen molar-refractivity contribution in [3.63, 3.8) is 0 Å². The van der Waals surface area contributed by atoms with Crippen molar-refractivity contribution in [2.45, 2.75) is 52.1 Å². The standard InChI is InChI=1S/C15H22ClIO/c1-3-5-6-11(4-2)9-15(18)12-7-8-14(17)13(16)10-12/h7-8,10-11,15,18H,3-6,9H2,1-2H3. The lowest BCUT2D eigenvalue weighted by atomic mass is 9.91. The van der Waals surface area contributed by atoms with E-state index in [4.69, 9.17) is 11.6 Å². The number of benzene rings is 1. The minimum atomic E-state index is -0.388. The summed E-state index contributed by atoms with van der Waals surface area (Å²) in [6.45, 7) is 4.41. The van der Waals surface area contributed by atoms with E-state index in [-0.39, 0.29) is 6.10 Å². The molecular weight excluding hydrogens is 359 g/mol. The molecule has 0 radical (unpaired) electrons. The lowest BCUT2D eigenvalue weighted by Crippen LogP contribution is -2.07. The van der Waals surface area contributed by atoms with Gasteiger partial charge in [-0.05, 0) is 52.6 Å². The summed E-state index contributed by atoms with van der Waals surface area (Å²) in [5.74, 6) is 0.609. The van der Waals surface area contributed by atoms with Crippen molar-refractivity contribution in [2.75, 3.05) is 0 Å². The molecule has 0 aromatic heterocycles. The average Bonchev–Trinajstić information content (AvgIpc) is 2.37. The molecule has 3 heteroatoms. The molecule has 0 aliphatic heterocycles. The first-order valence-electron chi connectivity index (χ1n) is 6.71. The second-order valence-corrected chi connectivity index (χ2v) is 6.41. The zero-order valence-electron chi connectivity index (χ0n) is 11.1. The molecule has 1 aromatic carbocycles. The maximum absolute atomic E-state index is 10.3. The predicted octanol–water partition coefficient (Wildman–Crippen LogP) is 5.58. The van der Waals surface area contributed by atoms with Crippen LogP contribution in [-0.2, 0) is 0 Å². The van der Waals surface area contributed by atoms with Gasteiger partial charge in [0.25, 0.3) is 0 Å². The monoisotopic (exact) mass is 380 g/mol. The van der Waals surface area contributed by atoms with Gasteiger partial charge in [0.2, 0.25) is 0 Å². The van der Waals surface area contributed by atoms with Gasteiger partial charge in [0.15, 0.2) is 0 Å². The fourth-order valence-corrected chi connectivity index (χ4v) is 2.68. The highest BCUT2D eigenvalue weighted by Gasteiger charge is 2.15. The van der Waals surface area contributed by atoms with Crippen LogP contribution in [0.25, 0.3) is 0 Å². The van der Waals surface area contributed by atoms with Crippen molar-refractivity contribution in [2.24, 2.45) is 5.92 Å². The Kier molecular flexibility index (Phi) is 7.57. The molecule has 2 atom stereocenters. The van der Waals surface area contributed by atoms with E-state index in [2.05, 4.69) is 36.4 Å². The van der Waals surface area contributed by atoms with E-state index in [0.29, 0.717) is 5.92 Å². The van der Waals surface area contributed by atoms with Crippen molar-refractivity contribution < 1.29 is 5.11 Å². The first kappa shape index (κ1) is 16.3. The summed E-state index contributed by atoms with van der Waals surface area (Å²) < 4.78 is 1.03. The van der Waals surface area contributed by atoms with Gasteiger partial charge in [-0.2, -0.15) is 0 Å². The van der Waals surface area contributed by atoms with Gasteiger partial charge in [-0.15, -0.1) is 0 Å². The number of hydrogen-bond donors (Lipinski definition) is 1. The van der Waals surface area contributed by atoms with E-state index in [1.807, 2.05) is 18.2 Å². The first-order valence-corrected chi connectivity index (χ1v) is 8.17. The highest BCUT2D eigenvalue weighted by atomic mass is 127. The Labute approximate surface area is 129 Å². The van der Waals surface area contributed by atoms with Crippen molar-refractivity contribution >= 4 is 34.2 Å². The van der Waals surface area contributed by atoms with Crippen LogP contribution in [0.3, 0.4) is 0 Å². The fraction of sp³-hybridized carbons (Fsp3) is 0.600. The molecule has 0 bridgehead atoms. The molecule has 1 aromatic rings. The predicted molar refractivity (Wildman–Crippen MR) is 87.1 cm³/mol. The van der Waals surface area contributed by atoms with Gasteiger partial charge in [0.05, 0.1) is 11.1 Å². The summed E-state index contributed by atoms with van der Waals surface area (Å²) in [5, 5.41) is 11.0. The molecule has 0 fully saturated rings. The maximum Gasteiger partial charge on any atom is 0.0793 e. The lowest BCUT2D eigenvalue weighted by Gasteiger charge is -2.19. The van der Waals surface area contributed by atoms with Crippen LogP contribution in [0.1, 0.15) is 57.6 Å². The Morgan fingerprint density at radius 1 is 1.33 bits per heavy atom. The Hall–Kier alpha value is 0.200. The highest BCUT2D eigenvalue weighted by molar-refractivity contribution is 14.1. The van der Waals surface area contributed by atoms with Crippen molar-refractivity contribution in [3.05, 3.63) is 32.4 Å². The molecule has 102 valence electrons. The number of aliphatic hydroxyl groups excluding tert-OH is 1. The molecule has 0 aliphatic rings. The molecule has 1 nitrogen and oxygen atoms in total. The minimum absolute atomic E-state index is 0.388. The fourth-order valence-electron chi connectivity index (χ4n) is 2.15. The largest absolute Gasteiger partial charge is 0.388 e. The summed E-state index contributed by atoms with van der Waals surface area (Å²) in [6, 6.07) is 5.83. The SMILES string of the molecule is CCCCC(CC)CC(O)c1ccc(I)c(Cl)c1. The van der Waals surface area contributed by atoms with E-state index in [1.54, 1.807) is 0 Å². The Morgan fingerprint density at radius 3 is 2.61 bits per heavy atom. The van der Waals surface area contributed by atoms with E-state index in [9.17, 15) is 5.11 Å². The van der Waals surface area contributed by atoms with Crippen molar-refractivity contribution in [1.82, 2.24) is 0 Å². The number of unbranched alkanes of at least 4 members (excludes halogenated alkanes) is 1. The van der Waals surface area contributed by atoms with Gasteiger partial charge in [-0.1, -0.05) is 57.2 Å². The second-order valence-electron chi connectivity index (χ2n) is 4.84. The lowest BCUT2D eigenvalue weighted by molar-refractivity contribution is 0.139. The molecule has 0 saturated carbocycles. The Morgan fingerprint density at radius 2 is 2.06 bits per heavy atom. The summed E-state index contributed by atoms with van der Waals surface area (Å²) >= 11 is 8.30. The van der Waals surface area contributed by atoms with Crippen LogP contribution in [0.2, 0.25) is 5.02 Å². The van der Waals surface area contributed by atoms with E-state index >= 15 is 0 Å². The van der Waals surface area contributed by atoms with Crippen LogP contribution in [0.15, 0.2) is 18.2 Å². The highest BCUT2D eigenvalue weighted by Crippen LogP contribution is 2.29. The normalized spacial score (nSPS) is 14.5. The van der Waals surface area contributed by atoms with Crippen LogP contribution < -0.4 is 0 Å². The number of rotatable bonds is 7. The van der Waals surface area contributed by atoms with Gasteiger partial charge in [0, 0.05) is 3.57 Å². The molecule has 0 amide bonds. The Bertz CT molecular complexity index is 368. The molecule has 0 saturated heterocycles. The summed E-state index contributed by atoms with van der Waals surface area (Å²) in [7, 11) is 0. The number of aliphatic hydroxyl groups is 1. The van der Waals surface area contributed by atoms with Crippen LogP contribution in [-0.4, -0.2) is 5.11 Å². The zero-order valence-corrected chi connectivity index (χ0v) is 14.0. The summed E-state index contributed by atoms with van der Waals surface area (Å²) in [6.07, 6.45) is 5.27. The molecule has 0 spiro atoms. The Balaban J connectivity index is 2.62. The molecule has 0 heterocycles. The third-order valence-corrected chi connectivity index (χ3v) is 5.00.